The Kier molecular flexibility index (Phi) is 4.11. The minimum absolute atomic E-state index is 0.0493. The molecule has 1 amide bonds. The normalized spacial score (nSPS) is 15.9. The number of hydrogen-bond donors (Lipinski definition) is 1. The molecule has 0 radical (unpaired) electrons. The zero-order valence-electron chi connectivity index (χ0n) is 12.2. The molecule has 1 N–H and O–H groups in total. The molecular weight excluding hydrogens is 258 g/mol. The van der Waals surface area contributed by atoms with Crippen molar-refractivity contribution in [1.29, 1.82) is 0 Å². The number of carboxylic acid groups (broad SMARTS) is 1. The van der Waals surface area contributed by atoms with E-state index in [1.165, 1.54) is 0 Å². The molecule has 1 heterocycles. The number of aromatic nitrogens is 2. The summed E-state index contributed by atoms with van der Waals surface area (Å²) < 4.78 is 1.68. The lowest BCUT2D eigenvalue weighted by atomic mass is 10.1. The summed E-state index contributed by atoms with van der Waals surface area (Å²) in [6.45, 7) is 5.89. The van der Waals surface area contributed by atoms with E-state index in [4.69, 9.17) is 5.11 Å². The van der Waals surface area contributed by atoms with E-state index in [-0.39, 0.29) is 25.0 Å². The van der Waals surface area contributed by atoms with Crippen molar-refractivity contribution >= 4 is 11.9 Å². The van der Waals surface area contributed by atoms with Crippen LogP contribution in [0.4, 0.5) is 0 Å². The summed E-state index contributed by atoms with van der Waals surface area (Å²) in [5.74, 6) is -1.46. The third kappa shape index (κ3) is 3.37. The molecule has 0 spiro atoms. The summed E-state index contributed by atoms with van der Waals surface area (Å²) in [7, 11) is 0. The van der Waals surface area contributed by atoms with Crippen molar-refractivity contribution in [3.8, 4) is 0 Å². The van der Waals surface area contributed by atoms with Crippen LogP contribution in [0.3, 0.4) is 0 Å². The van der Waals surface area contributed by atoms with Crippen LogP contribution >= 0.6 is 0 Å². The summed E-state index contributed by atoms with van der Waals surface area (Å²) in [6.07, 6.45) is 1.93. The molecule has 1 aliphatic carbocycles. The molecule has 1 atom stereocenters. The lowest BCUT2D eigenvalue weighted by molar-refractivity contribution is -0.143. The number of carbonyl (C=O) groups is 2. The Hall–Kier alpha value is -1.85. The van der Waals surface area contributed by atoms with Crippen molar-refractivity contribution in [2.75, 3.05) is 6.54 Å². The van der Waals surface area contributed by atoms with Gasteiger partial charge in [-0.1, -0.05) is 6.92 Å². The van der Waals surface area contributed by atoms with Gasteiger partial charge in [0, 0.05) is 18.3 Å². The van der Waals surface area contributed by atoms with Gasteiger partial charge in [0.2, 0.25) is 5.91 Å². The number of carbonyl (C=O) groups excluding carboxylic acids is 1. The average Bonchev–Trinajstić information content (AvgIpc) is 3.13. The zero-order chi connectivity index (χ0) is 14.9. The third-order valence-corrected chi connectivity index (χ3v) is 3.59. The van der Waals surface area contributed by atoms with Gasteiger partial charge in [0.1, 0.15) is 6.54 Å². The van der Waals surface area contributed by atoms with E-state index in [1.54, 1.807) is 16.5 Å². The van der Waals surface area contributed by atoms with Crippen molar-refractivity contribution in [2.45, 2.75) is 46.2 Å². The Labute approximate surface area is 118 Å². The minimum atomic E-state index is -0.866. The van der Waals surface area contributed by atoms with Crippen molar-refractivity contribution in [3.05, 3.63) is 17.5 Å². The number of carboxylic acids is 1. The number of aliphatic carboxylic acids is 1. The largest absolute Gasteiger partial charge is 0.481 e. The van der Waals surface area contributed by atoms with Crippen LogP contribution in [-0.4, -0.2) is 44.3 Å². The first-order valence-electron chi connectivity index (χ1n) is 6.92. The summed E-state index contributed by atoms with van der Waals surface area (Å²) >= 11 is 0. The van der Waals surface area contributed by atoms with E-state index in [0.717, 1.165) is 24.2 Å². The van der Waals surface area contributed by atoms with Gasteiger partial charge in [-0.15, -0.1) is 0 Å². The highest BCUT2D eigenvalue weighted by Crippen LogP contribution is 2.28. The maximum Gasteiger partial charge on any atom is 0.308 e. The Balaban J connectivity index is 2.04. The molecule has 0 bridgehead atoms. The third-order valence-electron chi connectivity index (χ3n) is 3.59. The highest BCUT2D eigenvalue weighted by molar-refractivity contribution is 5.78. The van der Waals surface area contributed by atoms with E-state index in [1.807, 2.05) is 19.9 Å². The molecule has 6 nitrogen and oxygen atoms in total. The highest BCUT2D eigenvalue weighted by Gasteiger charge is 2.34. The van der Waals surface area contributed by atoms with E-state index in [0.29, 0.717) is 0 Å². The Morgan fingerprint density at radius 3 is 2.60 bits per heavy atom. The first kappa shape index (κ1) is 14.6. The standard InChI is InChI=1S/C14H21N3O3/c1-9(14(19)20)7-16(12-4-5-12)13(18)8-17-11(3)6-10(2)15-17/h6,9,12H,4-5,7-8H2,1-3H3,(H,19,20)/t9-/m1/s1. The molecule has 6 heteroatoms. The fourth-order valence-corrected chi connectivity index (χ4v) is 2.27. The zero-order valence-corrected chi connectivity index (χ0v) is 12.2. The molecule has 1 aromatic heterocycles. The first-order valence-corrected chi connectivity index (χ1v) is 6.92. The van der Waals surface area contributed by atoms with Crippen molar-refractivity contribution in [1.82, 2.24) is 14.7 Å². The Morgan fingerprint density at radius 2 is 2.15 bits per heavy atom. The molecular formula is C14H21N3O3. The fourth-order valence-electron chi connectivity index (χ4n) is 2.27. The van der Waals surface area contributed by atoms with E-state index >= 15 is 0 Å². The van der Waals surface area contributed by atoms with Crippen molar-refractivity contribution < 1.29 is 14.7 Å². The predicted octanol–water partition coefficient (Wildman–Crippen LogP) is 1.21. The second kappa shape index (κ2) is 5.64. The van der Waals surface area contributed by atoms with Crippen LogP contribution in [0.2, 0.25) is 0 Å². The van der Waals surface area contributed by atoms with Gasteiger partial charge >= 0.3 is 5.97 Å². The monoisotopic (exact) mass is 279 g/mol. The minimum Gasteiger partial charge on any atom is -0.481 e. The van der Waals surface area contributed by atoms with Crippen LogP contribution < -0.4 is 0 Å². The van der Waals surface area contributed by atoms with Gasteiger partial charge in [0.25, 0.3) is 0 Å². The maximum atomic E-state index is 12.4. The van der Waals surface area contributed by atoms with Gasteiger partial charge in [0.05, 0.1) is 11.6 Å². The highest BCUT2D eigenvalue weighted by atomic mass is 16.4. The quantitative estimate of drug-likeness (QED) is 0.849. The van der Waals surface area contributed by atoms with Crippen LogP contribution in [0.15, 0.2) is 6.07 Å². The summed E-state index contributed by atoms with van der Waals surface area (Å²) in [5.41, 5.74) is 1.82. The number of nitrogens with zero attached hydrogens (tertiary/aromatic N) is 3. The molecule has 0 aromatic carbocycles. The van der Waals surface area contributed by atoms with Crippen molar-refractivity contribution in [3.63, 3.8) is 0 Å². The molecule has 1 saturated carbocycles. The molecule has 110 valence electrons. The summed E-state index contributed by atoms with van der Waals surface area (Å²) in [5, 5.41) is 13.3. The van der Waals surface area contributed by atoms with Gasteiger partial charge in [-0.3, -0.25) is 14.3 Å². The average molecular weight is 279 g/mol. The second-order valence-corrected chi connectivity index (χ2v) is 5.60. The van der Waals surface area contributed by atoms with Crippen LogP contribution in [0, 0.1) is 19.8 Å². The van der Waals surface area contributed by atoms with Gasteiger partial charge < -0.3 is 10.0 Å². The van der Waals surface area contributed by atoms with Crippen LogP contribution in [0.25, 0.3) is 0 Å². The molecule has 0 aliphatic heterocycles. The SMILES string of the molecule is Cc1cc(C)n(CC(=O)N(C[C@@H](C)C(=O)O)C2CC2)n1. The fraction of sp³-hybridized carbons (Fsp3) is 0.643. The van der Waals surface area contributed by atoms with E-state index in [2.05, 4.69) is 5.10 Å². The van der Waals surface area contributed by atoms with Gasteiger partial charge in [0.15, 0.2) is 0 Å². The van der Waals surface area contributed by atoms with Gasteiger partial charge in [-0.05, 0) is 32.8 Å². The van der Waals surface area contributed by atoms with E-state index in [9.17, 15) is 9.59 Å². The number of amides is 1. The molecule has 1 fully saturated rings. The first-order chi connectivity index (χ1) is 9.38. The molecule has 1 aliphatic rings. The molecule has 20 heavy (non-hydrogen) atoms. The van der Waals surface area contributed by atoms with Gasteiger partial charge in [-0.25, -0.2) is 0 Å². The number of aryl methyl sites for hydroxylation is 2. The van der Waals surface area contributed by atoms with E-state index < -0.39 is 11.9 Å². The number of hydrogen-bond acceptors (Lipinski definition) is 3. The Morgan fingerprint density at radius 1 is 1.50 bits per heavy atom. The molecule has 2 rings (SSSR count). The topological polar surface area (TPSA) is 75.4 Å². The molecule has 0 unspecified atom stereocenters. The van der Waals surface area contributed by atoms with Crippen LogP contribution in [0.1, 0.15) is 31.2 Å². The number of rotatable bonds is 6. The van der Waals surface area contributed by atoms with Crippen molar-refractivity contribution in [2.24, 2.45) is 5.92 Å². The summed E-state index contributed by atoms with van der Waals surface area (Å²) in [4.78, 5) is 25.1. The smallest absolute Gasteiger partial charge is 0.308 e. The van der Waals surface area contributed by atoms with Crippen LogP contribution in [-0.2, 0) is 16.1 Å². The lowest BCUT2D eigenvalue weighted by Gasteiger charge is -2.24. The van der Waals surface area contributed by atoms with Gasteiger partial charge in [-0.2, -0.15) is 5.10 Å². The lowest BCUT2D eigenvalue weighted by Crippen LogP contribution is -2.40. The second-order valence-electron chi connectivity index (χ2n) is 5.60. The van der Waals surface area contributed by atoms with Crippen LogP contribution in [0.5, 0.6) is 0 Å². The molecule has 0 saturated heterocycles. The summed E-state index contributed by atoms with van der Waals surface area (Å²) in [6, 6.07) is 2.13. The predicted molar refractivity (Wildman–Crippen MR) is 73.2 cm³/mol. The Bertz CT molecular complexity index is 520. The molecule has 1 aromatic rings. The maximum absolute atomic E-state index is 12.4.